The maximum atomic E-state index is 12.3. The van der Waals surface area contributed by atoms with Gasteiger partial charge in [0.2, 0.25) is 5.91 Å². The van der Waals surface area contributed by atoms with Crippen LogP contribution in [-0.2, 0) is 4.79 Å². The summed E-state index contributed by atoms with van der Waals surface area (Å²) in [5, 5.41) is 6.55. The topological polar surface area (TPSA) is 75.4 Å². The first-order valence-electron chi connectivity index (χ1n) is 7.95. The van der Waals surface area contributed by atoms with Gasteiger partial charge in [-0.3, -0.25) is 9.59 Å². The predicted molar refractivity (Wildman–Crippen MR) is 96.1 cm³/mol. The van der Waals surface area contributed by atoms with Crippen LogP contribution in [0.3, 0.4) is 0 Å². The van der Waals surface area contributed by atoms with Gasteiger partial charge in [0.25, 0.3) is 5.91 Å². The Morgan fingerprint density at radius 1 is 1.48 bits per heavy atom. The van der Waals surface area contributed by atoms with E-state index in [0.717, 1.165) is 25.8 Å². The number of carbonyl (C=O) groups is 2. The zero-order valence-electron chi connectivity index (χ0n) is 13.5. The van der Waals surface area contributed by atoms with Crippen molar-refractivity contribution in [1.82, 2.24) is 10.2 Å². The van der Waals surface area contributed by atoms with E-state index < -0.39 is 0 Å². The first kappa shape index (κ1) is 19.9. The molecule has 5 nitrogen and oxygen atoms in total. The molecule has 3 N–H and O–H groups in total. The maximum absolute atomic E-state index is 12.3. The fraction of sp³-hybridized carbons (Fsp3) is 0.625. The summed E-state index contributed by atoms with van der Waals surface area (Å²) in [7, 11) is 0. The summed E-state index contributed by atoms with van der Waals surface area (Å²) < 4.78 is 0. The van der Waals surface area contributed by atoms with Crippen molar-refractivity contribution in [2.24, 2.45) is 5.73 Å². The summed E-state index contributed by atoms with van der Waals surface area (Å²) in [4.78, 5) is 26.1. The minimum Gasteiger partial charge on any atom is -0.352 e. The van der Waals surface area contributed by atoms with Gasteiger partial charge in [-0.1, -0.05) is 0 Å². The van der Waals surface area contributed by atoms with Crippen LogP contribution in [-0.4, -0.2) is 41.9 Å². The Morgan fingerprint density at radius 3 is 2.91 bits per heavy atom. The zero-order valence-corrected chi connectivity index (χ0v) is 15.1. The summed E-state index contributed by atoms with van der Waals surface area (Å²) in [6.45, 7) is 3.31. The van der Waals surface area contributed by atoms with E-state index in [1.807, 2.05) is 22.6 Å². The summed E-state index contributed by atoms with van der Waals surface area (Å²) in [6, 6.07) is 1.98. The van der Waals surface area contributed by atoms with Crippen LogP contribution in [0.5, 0.6) is 0 Å². The predicted octanol–water partition coefficient (Wildman–Crippen LogP) is 2.41. The van der Waals surface area contributed by atoms with Gasteiger partial charge >= 0.3 is 0 Å². The van der Waals surface area contributed by atoms with Crippen molar-refractivity contribution in [3.05, 3.63) is 22.4 Å². The molecule has 130 valence electrons. The standard InChI is InChI=1S/C16H25N3O2S.ClH/c1-12(17)14-5-2-3-9-19(14)15(20)6-4-8-18-16(21)13-7-10-22-11-13;/h7,10-12,14H,2-6,8-9,17H2,1H3,(H,18,21);1H. The van der Waals surface area contributed by atoms with Crippen LogP contribution < -0.4 is 11.1 Å². The van der Waals surface area contributed by atoms with Crippen LogP contribution in [0.15, 0.2) is 16.8 Å². The number of nitrogens with one attached hydrogen (secondary N) is 1. The fourth-order valence-electron chi connectivity index (χ4n) is 2.89. The molecular formula is C16H26ClN3O2S. The highest BCUT2D eigenvalue weighted by molar-refractivity contribution is 7.08. The SMILES string of the molecule is CC(N)C1CCCCN1C(=O)CCCNC(=O)c1ccsc1.Cl. The molecule has 2 atom stereocenters. The van der Waals surface area contributed by atoms with Crippen LogP contribution in [0.2, 0.25) is 0 Å². The van der Waals surface area contributed by atoms with Crippen LogP contribution in [0, 0.1) is 0 Å². The van der Waals surface area contributed by atoms with Gasteiger partial charge < -0.3 is 16.0 Å². The van der Waals surface area contributed by atoms with E-state index in [1.54, 1.807) is 6.07 Å². The van der Waals surface area contributed by atoms with E-state index in [9.17, 15) is 9.59 Å². The number of hydrogen-bond donors (Lipinski definition) is 2. The molecule has 7 heteroatoms. The van der Waals surface area contributed by atoms with Crippen molar-refractivity contribution in [2.45, 2.75) is 51.1 Å². The third-order valence-corrected chi connectivity index (χ3v) is 4.80. The van der Waals surface area contributed by atoms with Gasteiger partial charge in [-0.15, -0.1) is 12.4 Å². The van der Waals surface area contributed by atoms with Crippen LogP contribution in [0.25, 0.3) is 0 Å². The molecule has 2 rings (SSSR count). The molecule has 1 saturated heterocycles. The molecule has 1 aromatic rings. The first-order valence-corrected chi connectivity index (χ1v) is 8.89. The number of nitrogens with two attached hydrogens (primary N) is 1. The molecule has 0 saturated carbocycles. The second kappa shape index (κ2) is 9.90. The van der Waals surface area contributed by atoms with Crippen molar-refractivity contribution < 1.29 is 9.59 Å². The highest BCUT2D eigenvalue weighted by Crippen LogP contribution is 2.20. The van der Waals surface area contributed by atoms with Crippen molar-refractivity contribution in [3.63, 3.8) is 0 Å². The quantitative estimate of drug-likeness (QED) is 0.766. The average Bonchev–Trinajstić information content (AvgIpc) is 3.05. The third kappa shape index (κ3) is 5.79. The largest absolute Gasteiger partial charge is 0.352 e. The van der Waals surface area contributed by atoms with Gasteiger partial charge in [0, 0.05) is 42.5 Å². The van der Waals surface area contributed by atoms with Crippen molar-refractivity contribution in [3.8, 4) is 0 Å². The summed E-state index contributed by atoms with van der Waals surface area (Å²) in [5.74, 6) is 0.0897. The van der Waals surface area contributed by atoms with E-state index in [2.05, 4.69) is 5.32 Å². The van der Waals surface area contributed by atoms with Gasteiger partial charge in [0.1, 0.15) is 0 Å². The molecule has 0 radical (unpaired) electrons. The molecule has 2 unspecified atom stereocenters. The number of amides is 2. The lowest BCUT2D eigenvalue weighted by Gasteiger charge is -2.38. The molecule has 0 spiro atoms. The molecule has 1 aliphatic heterocycles. The normalized spacial score (nSPS) is 18.9. The van der Waals surface area contributed by atoms with Crippen molar-refractivity contribution in [1.29, 1.82) is 0 Å². The van der Waals surface area contributed by atoms with Crippen molar-refractivity contribution >= 4 is 35.6 Å². The van der Waals surface area contributed by atoms with Gasteiger partial charge in [-0.2, -0.15) is 11.3 Å². The van der Waals surface area contributed by atoms with Gasteiger partial charge in [0.05, 0.1) is 0 Å². The summed E-state index contributed by atoms with van der Waals surface area (Å²) in [5.41, 5.74) is 6.68. The lowest BCUT2D eigenvalue weighted by Crippen LogP contribution is -2.51. The second-order valence-corrected chi connectivity index (χ2v) is 6.66. The van der Waals surface area contributed by atoms with E-state index in [0.29, 0.717) is 24.9 Å². The number of hydrogen-bond acceptors (Lipinski definition) is 4. The highest BCUT2D eigenvalue weighted by Gasteiger charge is 2.28. The lowest BCUT2D eigenvalue weighted by atomic mass is 9.96. The summed E-state index contributed by atoms with van der Waals surface area (Å²) in [6.07, 6.45) is 4.33. The highest BCUT2D eigenvalue weighted by atomic mass is 35.5. The number of rotatable bonds is 6. The Balaban J connectivity index is 0.00000264. The first-order chi connectivity index (χ1) is 10.6. The van der Waals surface area contributed by atoms with Gasteiger partial charge in [-0.25, -0.2) is 0 Å². The number of piperidine rings is 1. The number of likely N-dealkylation sites (tertiary alicyclic amines) is 1. The number of halogens is 1. The Bertz CT molecular complexity index is 494. The fourth-order valence-corrected chi connectivity index (χ4v) is 3.53. The summed E-state index contributed by atoms with van der Waals surface area (Å²) >= 11 is 1.50. The smallest absolute Gasteiger partial charge is 0.252 e. The average molecular weight is 360 g/mol. The number of carbonyl (C=O) groups excluding carboxylic acids is 2. The van der Waals surface area contributed by atoms with Crippen LogP contribution in [0.1, 0.15) is 49.4 Å². The van der Waals surface area contributed by atoms with Crippen LogP contribution >= 0.6 is 23.7 Å². The van der Waals surface area contributed by atoms with Crippen molar-refractivity contribution in [2.75, 3.05) is 13.1 Å². The van der Waals surface area contributed by atoms with Gasteiger partial charge in [-0.05, 0) is 44.1 Å². The van der Waals surface area contributed by atoms with Gasteiger partial charge in [0.15, 0.2) is 0 Å². The Morgan fingerprint density at radius 2 is 2.26 bits per heavy atom. The molecule has 23 heavy (non-hydrogen) atoms. The molecule has 2 heterocycles. The minimum absolute atomic E-state index is 0. The van der Waals surface area contributed by atoms with Crippen LogP contribution in [0.4, 0.5) is 0 Å². The van der Waals surface area contributed by atoms with E-state index >= 15 is 0 Å². The molecule has 0 aromatic carbocycles. The Hall–Kier alpha value is -1.11. The molecule has 1 aromatic heterocycles. The maximum Gasteiger partial charge on any atom is 0.252 e. The molecule has 1 aliphatic rings. The van der Waals surface area contributed by atoms with E-state index in [1.165, 1.54) is 11.3 Å². The minimum atomic E-state index is -0.0693. The molecule has 2 amide bonds. The molecule has 1 fully saturated rings. The monoisotopic (exact) mass is 359 g/mol. The Labute approximate surface area is 148 Å². The van der Waals surface area contributed by atoms with E-state index in [-0.39, 0.29) is 36.3 Å². The zero-order chi connectivity index (χ0) is 15.9. The molecule has 0 aliphatic carbocycles. The lowest BCUT2D eigenvalue weighted by molar-refractivity contribution is -0.135. The van der Waals surface area contributed by atoms with E-state index in [4.69, 9.17) is 5.73 Å². The number of thiophene rings is 1. The second-order valence-electron chi connectivity index (χ2n) is 5.88. The molecular weight excluding hydrogens is 334 g/mol. The Kier molecular flexibility index (Phi) is 8.58. The number of nitrogens with zero attached hydrogens (tertiary/aromatic N) is 1. The molecule has 0 bridgehead atoms. The third-order valence-electron chi connectivity index (χ3n) is 4.11.